The van der Waals surface area contributed by atoms with Gasteiger partial charge >= 0.3 is 5.97 Å². The van der Waals surface area contributed by atoms with Crippen LogP contribution in [0.15, 0.2) is 30.3 Å². The van der Waals surface area contributed by atoms with Crippen LogP contribution in [0.4, 0.5) is 0 Å². The van der Waals surface area contributed by atoms with Gasteiger partial charge in [0.25, 0.3) is 0 Å². The minimum atomic E-state index is -0.920. The van der Waals surface area contributed by atoms with Gasteiger partial charge in [0.1, 0.15) is 11.4 Å². The lowest BCUT2D eigenvalue weighted by atomic mass is 9.83. The molecule has 1 aliphatic heterocycles. The molecule has 8 heteroatoms. The Labute approximate surface area is 221 Å². The lowest BCUT2D eigenvalue weighted by molar-refractivity contribution is -0.121. The second-order valence-corrected chi connectivity index (χ2v) is 11.9. The van der Waals surface area contributed by atoms with Gasteiger partial charge in [0.2, 0.25) is 5.91 Å². The first kappa shape index (κ1) is 25.3. The summed E-state index contributed by atoms with van der Waals surface area (Å²) in [5.41, 5.74) is 4.09. The number of aromatic carboxylic acids is 1. The Kier molecular flexibility index (Phi) is 7.70. The van der Waals surface area contributed by atoms with Gasteiger partial charge in [-0.1, -0.05) is 43.0 Å². The van der Waals surface area contributed by atoms with Gasteiger partial charge in [0, 0.05) is 18.1 Å². The number of hydrogen-bond donors (Lipinski definition) is 2. The maximum Gasteiger partial charge on any atom is 0.345 e. The standard InChI is InChI=1S/C28H34ClN3O3S/c1-31-13-5-6-18(16-31)15-30-24(33)17-32-22-14-23(28(34)35)36-27(22)25(19-7-3-2-4-8-19)26(32)20-9-11-21(29)12-10-20/h9-12,14,18-19H,2-8,13,15-17H2,1H3,(H,30,33)(H,34,35). The smallest absolute Gasteiger partial charge is 0.345 e. The van der Waals surface area contributed by atoms with Crippen molar-refractivity contribution in [3.05, 3.63) is 45.8 Å². The summed E-state index contributed by atoms with van der Waals surface area (Å²) in [6.07, 6.45) is 8.04. The second kappa shape index (κ2) is 11.0. The number of hydrogen-bond acceptors (Lipinski definition) is 4. The van der Waals surface area contributed by atoms with Crippen LogP contribution in [-0.4, -0.2) is 53.1 Å². The summed E-state index contributed by atoms with van der Waals surface area (Å²) in [4.78, 5) is 27.8. The number of carboxylic acids is 1. The van der Waals surface area contributed by atoms with Gasteiger partial charge in [0.05, 0.1) is 15.9 Å². The van der Waals surface area contributed by atoms with Crippen molar-refractivity contribution < 1.29 is 14.7 Å². The zero-order valence-electron chi connectivity index (χ0n) is 20.8. The van der Waals surface area contributed by atoms with Gasteiger partial charge in [-0.15, -0.1) is 11.3 Å². The highest BCUT2D eigenvalue weighted by Gasteiger charge is 2.29. The fourth-order valence-electron chi connectivity index (χ4n) is 6.00. The van der Waals surface area contributed by atoms with Gasteiger partial charge in [-0.2, -0.15) is 0 Å². The summed E-state index contributed by atoms with van der Waals surface area (Å²) in [6.45, 7) is 2.95. The van der Waals surface area contributed by atoms with E-state index >= 15 is 0 Å². The zero-order chi connectivity index (χ0) is 25.2. The van der Waals surface area contributed by atoms with Crippen molar-refractivity contribution in [1.29, 1.82) is 0 Å². The monoisotopic (exact) mass is 527 g/mol. The average molecular weight is 528 g/mol. The van der Waals surface area contributed by atoms with E-state index in [2.05, 4.69) is 17.3 Å². The number of benzene rings is 1. The molecule has 6 nitrogen and oxygen atoms in total. The quantitative estimate of drug-likeness (QED) is 0.382. The molecule has 192 valence electrons. The number of carbonyl (C=O) groups excluding carboxylic acids is 1. The van der Waals surface area contributed by atoms with Crippen molar-refractivity contribution in [2.75, 3.05) is 26.7 Å². The number of amides is 1. The van der Waals surface area contributed by atoms with Crippen LogP contribution in [0.1, 0.15) is 66.1 Å². The number of piperidine rings is 1. The zero-order valence-corrected chi connectivity index (χ0v) is 22.3. The molecule has 1 amide bonds. The van der Waals surface area contributed by atoms with E-state index in [9.17, 15) is 14.7 Å². The van der Waals surface area contributed by atoms with Crippen LogP contribution in [0, 0.1) is 5.92 Å². The van der Waals surface area contributed by atoms with E-state index in [-0.39, 0.29) is 12.5 Å². The molecular formula is C28H34ClN3O3S. The second-order valence-electron chi connectivity index (χ2n) is 10.4. The maximum atomic E-state index is 13.3. The molecule has 3 aromatic rings. The topological polar surface area (TPSA) is 74.6 Å². The molecule has 3 heterocycles. The van der Waals surface area contributed by atoms with Gasteiger partial charge < -0.3 is 19.9 Å². The third-order valence-electron chi connectivity index (χ3n) is 7.73. The van der Waals surface area contributed by atoms with Crippen molar-refractivity contribution in [1.82, 2.24) is 14.8 Å². The number of nitrogens with one attached hydrogen (secondary N) is 1. The molecule has 1 unspecified atom stereocenters. The van der Waals surface area contributed by atoms with Crippen LogP contribution >= 0.6 is 22.9 Å². The molecular weight excluding hydrogens is 494 g/mol. The molecule has 0 radical (unpaired) electrons. The molecule has 36 heavy (non-hydrogen) atoms. The lowest BCUT2D eigenvalue weighted by Crippen LogP contribution is -2.39. The molecule has 2 aliphatic rings. The summed E-state index contributed by atoms with van der Waals surface area (Å²) in [5, 5.41) is 13.6. The number of fused-ring (bicyclic) bond motifs is 1. The predicted molar refractivity (Wildman–Crippen MR) is 146 cm³/mol. The van der Waals surface area contributed by atoms with E-state index in [1.54, 1.807) is 6.07 Å². The minimum Gasteiger partial charge on any atom is -0.477 e. The molecule has 1 saturated carbocycles. The highest BCUT2D eigenvalue weighted by molar-refractivity contribution is 7.21. The molecule has 0 spiro atoms. The molecule has 0 bridgehead atoms. The number of carboxylic acid groups (broad SMARTS) is 1. The summed E-state index contributed by atoms with van der Waals surface area (Å²) in [7, 11) is 2.13. The normalized spacial score (nSPS) is 19.6. The Morgan fingerprint density at radius 2 is 1.86 bits per heavy atom. The van der Waals surface area contributed by atoms with Crippen LogP contribution in [0.3, 0.4) is 0 Å². The van der Waals surface area contributed by atoms with Crippen LogP contribution in [0.2, 0.25) is 5.02 Å². The molecule has 2 N–H and O–H groups in total. The van der Waals surface area contributed by atoms with E-state index in [0.29, 0.717) is 28.3 Å². The molecule has 1 atom stereocenters. The number of thiophene rings is 1. The molecule has 2 aromatic heterocycles. The van der Waals surface area contributed by atoms with Gasteiger partial charge in [-0.3, -0.25) is 4.79 Å². The van der Waals surface area contributed by atoms with Gasteiger partial charge in [0.15, 0.2) is 0 Å². The number of likely N-dealkylation sites (tertiary alicyclic amines) is 1. The first-order chi connectivity index (χ1) is 17.4. The fraction of sp³-hybridized carbons (Fsp3) is 0.500. The van der Waals surface area contributed by atoms with Crippen molar-refractivity contribution in [3.63, 3.8) is 0 Å². The van der Waals surface area contributed by atoms with E-state index in [1.165, 1.54) is 36.2 Å². The van der Waals surface area contributed by atoms with E-state index in [0.717, 1.165) is 60.2 Å². The lowest BCUT2D eigenvalue weighted by Gasteiger charge is -2.29. The van der Waals surface area contributed by atoms with Crippen LogP contribution < -0.4 is 5.32 Å². The highest BCUT2D eigenvalue weighted by atomic mass is 35.5. The van der Waals surface area contributed by atoms with Crippen LogP contribution in [-0.2, 0) is 11.3 Å². The number of carbonyl (C=O) groups is 2. The minimum absolute atomic E-state index is 0.0337. The molecule has 2 fully saturated rings. The Hall–Kier alpha value is -2.35. The van der Waals surface area contributed by atoms with Crippen molar-refractivity contribution in [2.45, 2.75) is 57.4 Å². The van der Waals surface area contributed by atoms with Crippen molar-refractivity contribution in [2.24, 2.45) is 5.92 Å². The fourth-order valence-corrected chi connectivity index (χ4v) is 7.26. The van der Waals surface area contributed by atoms with Crippen LogP contribution in [0.25, 0.3) is 21.5 Å². The molecule has 5 rings (SSSR count). The highest BCUT2D eigenvalue weighted by Crippen LogP contribution is 2.46. The maximum absolute atomic E-state index is 13.3. The summed E-state index contributed by atoms with van der Waals surface area (Å²) < 4.78 is 3.05. The van der Waals surface area contributed by atoms with E-state index in [4.69, 9.17) is 11.6 Å². The Morgan fingerprint density at radius 3 is 2.56 bits per heavy atom. The molecule has 1 saturated heterocycles. The number of rotatable bonds is 7. The first-order valence-corrected chi connectivity index (χ1v) is 14.2. The van der Waals surface area contributed by atoms with Gasteiger partial charge in [-0.25, -0.2) is 4.79 Å². The van der Waals surface area contributed by atoms with Crippen molar-refractivity contribution >= 4 is 45.0 Å². The number of halogens is 1. The van der Waals surface area contributed by atoms with Crippen molar-refractivity contribution in [3.8, 4) is 11.3 Å². The largest absolute Gasteiger partial charge is 0.477 e. The predicted octanol–water partition coefficient (Wildman–Crippen LogP) is 6.23. The number of aromatic nitrogens is 1. The Morgan fingerprint density at radius 1 is 1.11 bits per heavy atom. The molecule has 1 aromatic carbocycles. The van der Waals surface area contributed by atoms with Gasteiger partial charge in [-0.05, 0) is 80.4 Å². The SMILES string of the molecule is CN1CCCC(CNC(=O)Cn2c(-c3ccc(Cl)cc3)c(C3CCCCC3)c3sc(C(=O)O)cc32)C1. The average Bonchev–Trinajstić information content (AvgIpc) is 3.42. The molecule has 1 aliphatic carbocycles. The Bertz CT molecular complexity index is 1240. The first-order valence-electron chi connectivity index (χ1n) is 13.0. The third kappa shape index (κ3) is 5.34. The Balaban J connectivity index is 1.54. The third-order valence-corrected chi connectivity index (χ3v) is 9.12. The van der Waals surface area contributed by atoms with E-state index < -0.39 is 5.97 Å². The number of nitrogens with zero attached hydrogens (tertiary/aromatic N) is 2. The summed E-state index contributed by atoms with van der Waals surface area (Å²) >= 11 is 7.55. The summed E-state index contributed by atoms with van der Waals surface area (Å²) in [6, 6.07) is 9.54. The van der Waals surface area contributed by atoms with E-state index in [1.807, 2.05) is 28.8 Å². The summed E-state index contributed by atoms with van der Waals surface area (Å²) in [5.74, 6) is -0.134. The van der Waals surface area contributed by atoms with Crippen LogP contribution in [0.5, 0.6) is 0 Å².